The first kappa shape index (κ1) is 15.1. The van der Waals surface area contributed by atoms with Crippen LogP contribution in [0.25, 0.3) is 11.2 Å². The molecule has 108 valence electrons. The Balaban J connectivity index is 2.54. The van der Waals surface area contributed by atoms with Gasteiger partial charge < -0.3 is 4.90 Å². The van der Waals surface area contributed by atoms with E-state index in [2.05, 4.69) is 9.97 Å². The third kappa shape index (κ3) is 2.60. The summed E-state index contributed by atoms with van der Waals surface area (Å²) >= 11 is 11.9. The maximum Gasteiger partial charge on any atom is 0.245 e. The first-order valence-corrected chi connectivity index (χ1v) is 7.24. The number of likely N-dealkylation sites (N-methyl/N-ethyl adjacent to an activating group) is 1. The fourth-order valence-electron chi connectivity index (χ4n) is 2.09. The lowest BCUT2D eigenvalue weighted by atomic mass is 10.2. The van der Waals surface area contributed by atoms with Gasteiger partial charge >= 0.3 is 0 Å². The minimum absolute atomic E-state index is 0.00471. The highest BCUT2D eigenvalue weighted by Gasteiger charge is 2.24. The molecule has 0 aliphatic rings. The van der Waals surface area contributed by atoms with Gasteiger partial charge in [-0.3, -0.25) is 9.36 Å². The number of carbonyl (C=O) groups excluding carboxylic acids is 1. The van der Waals surface area contributed by atoms with Gasteiger partial charge in [0.05, 0.1) is 10.9 Å². The van der Waals surface area contributed by atoms with Gasteiger partial charge in [0.15, 0.2) is 5.65 Å². The molecule has 0 fully saturated rings. The molecule has 0 aliphatic carbocycles. The predicted octanol–water partition coefficient (Wildman–Crippen LogP) is 2.86. The highest BCUT2D eigenvalue weighted by atomic mass is 35.5. The van der Waals surface area contributed by atoms with Crippen molar-refractivity contribution in [3.8, 4) is 0 Å². The number of alkyl halides is 1. The van der Waals surface area contributed by atoms with Crippen LogP contribution in [-0.4, -0.2) is 38.9 Å². The van der Waals surface area contributed by atoms with Crippen LogP contribution in [0.15, 0.2) is 12.3 Å². The van der Waals surface area contributed by atoms with Gasteiger partial charge in [0.2, 0.25) is 5.91 Å². The lowest BCUT2D eigenvalue weighted by Crippen LogP contribution is -2.33. The zero-order chi connectivity index (χ0) is 14.9. The Morgan fingerprint density at radius 2 is 2.25 bits per heavy atom. The van der Waals surface area contributed by atoms with E-state index < -0.39 is 6.04 Å². The molecule has 0 aliphatic heterocycles. The fraction of sp³-hybridized carbons (Fsp3) is 0.462. The smallest absolute Gasteiger partial charge is 0.245 e. The number of nitrogens with zero attached hydrogens (tertiary/aromatic N) is 4. The highest BCUT2D eigenvalue weighted by molar-refractivity contribution is 6.31. The van der Waals surface area contributed by atoms with Crippen LogP contribution in [0.2, 0.25) is 5.02 Å². The van der Waals surface area contributed by atoms with Gasteiger partial charge in [-0.2, -0.15) is 0 Å². The molecule has 0 saturated heterocycles. The number of carbonyl (C=O) groups is 1. The highest BCUT2D eigenvalue weighted by Crippen LogP contribution is 2.24. The molecule has 0 spiro atoms. The monoisotopic (exact) mass is 314 g/mol. The number of hydrogen-bond donors (Lipinski definition) is 0. The zero-order valence-electron chi connectivity index (χ0n) is 11.6. The molecule has 1 unspecified atom stereocenters. The molecule has 5 nitrogen and oxygen atoms in total. The third-order valence-corrected chi connectivity index (χ3v) is 3.73. The summed E-state index contributed by atoms with van der Waals surface area (Å²) in [7, 11) is 1.77. The Bertz CT molecular complexity index is 641. The molecule has 2 aromatic rings. The average molecular weight is 315 g/mol. The normalized spacial score (nSPS) is 12.7. The molecule has 7 heteroatoms. The minimum Gasteiger partial charge on any atom is -0.344 e. The number of amides is 1. The van der Waals surface area contributed by atoms with Crippen molar-refractivity contribution in [2.75, 3.05) is 13.6 Å². The molecule has 0 N–H and O–H groups in total. The Morgan fingerprint density at radius 3 is 2.85 bits per heavy atom. The zero-order valence-corrected chi connectivity index (χ0v) is 13.1. The van der Waals surface area contributed by atoms with E-state index in [4.69, 9.17) is 23.2 Å². The minimum atomic E-state index is -0.410. The lowest BCUT2D eigenvalue weighted by molar-refractivity contribution is -0.132. The van der Waals surface area contributed by atoms with Crippen molar-refractivity contribution < 1.29 is 4.79 Å². The predicted molar refractivity (Wildman–Crippen MR) is 80.1 cm³/mol. The first-order valence-electron chi connectivity index (χ1n) is 6.32. The number of pyridine rings is 1. The Labute approximate surface area is 127 Å². The Hall–Kier alpha value is -1.33. The topological polar surface area (TPSA) is 51.0 Å². The largest absolute Gasteiger partial charge is 0.344 e. The van der Waals surface area contributed by atoms with Gasteiger partial charge in [-0.1, -0.05) is 11.6 Å². The van der Waals surface area contributed by atoms with Gasteiger partial charge in [-0.05, 0) is 19.9 Å². The summed E-state index contributed by atoms with van der Waals surface area (Å²) in [6.45, 7) is 4.39. The lowest BCUT2D eigenvalue weighted by Gasteiger charge is -2.22. The number of rotatable bonds is 4. The molecule has 1 atom stereocenters. The maximum absolute atomic E-state index is 12.3. The molecule has 20 heavy (non-hydrogen) atoms. The molecule has 2 rings (SSSR count). The molecule has 0 radical (unpaired) electrons. The summed E-state index contributed by atoms with van der Waals surface area (Å²) in [6.07, 6.45) is 1.54. The van der Waals surface area contributed by atoms with Crippen LogP contribution in [0.1, 0.15) is 25.7 Å². The van der Waals surface area contributed by atoms with E-state index in [0.29, 0.717) is 28.6 Å². The summed E-state index contributed by atoms with van der Waals surface area (Å²) in [5.74, 6) is 0.818. The number of halogens is 2. The van der Waals surface area contributed by atoms with E-state index in [1.165, 1.54) is 0 Å². The van der Waals surface area contributed by atoms with E-state index in [-0.39, 0.29) is 11.8 Å². The van der Waals surface area contributed by atoms with E-state index in [1.807, 2.05) is 13.8 Å². The second-order valence-corrected chi connectivity index (χ2v) is 5.26. The van der Waals surface area contributed by atoms with Crippen molar-refractivity contribution in [2.45, 2.75) is 25.8 Å². The molecule has 0 saturated carbocycles. The quantitative estimate of drug-likeness (QED) is 0.815. The van der Waals surface area contributed by atoms with Gasteiger partial charge in [-0.25, -0.2) is 9.97 Å². The first-order chi connectivity index (χ1) is 9.49. The van der Waals surface area contributed by atoms with Crippen molar-refractivity contribution in [1.82, 2.24) is 19.4 Å². The van der Waals surface area contributed by atoms with Crippen LogP contribution < -0.4 is 0 Å². The van der Waals surface area contributed by atoms with Crippen LogP contribution in [0.4, 0.5) is 0 Å². The average Bonchev–Trinajstić information content (AvgIpc) is 2.82. The summed E-state index contributed by atoms with van der Waals surface area (Å²) in [5.41, 5.74) is 1.27. The van der Waals surface area contributed by atoms with E-state index >= 15 is 0 Å². The standard InChI is InChI=1S/C13H16Cl2N4O/c1-4-18(3)13(20)8(2)19-11(6-14)17-10-5-9(15)7-16-12(10)19/h5,7-8H,4,6H2,1-3H3. The fourth-order valence-corrected chi connectivity index (χ4v) is 2.43. The van der Waals surface area contributed by atoms with Crippen LogP contribution in [-0.2, 0) is 10.7 Å². The number of fused-ring (bicyclic) bond motifs is 1. The third-order valence-electron chi connectivity index (χ3n) is 3.28. The second kappa shape index (κ2) is 5.97. The van der Waals surface area contributed by atoms with E-state index in [1.54, 1.807) is 28.8 Å². The number of imidazole rings is 1. The van der Waals surface area contributed by atoms with Crippen molar-refractivity contribution in [2.24, 2.45) is 0 Å². The molecule has 0 aromatic carbocycles. The summed E-state index contributed by atoms with van der Waals surface area (Å²) in [5, 5.41) is 0.507. The maximum atomic E-state index is 12.3. The van der Waals surface area contributed by atoms with Crippen LogP contribution >= 0.6 is 23.2 Å². The number of hydrogen-bond acceptors (Lipinski definition) is 3. The molecule has 0 bridgehead atoms. The van der Waals surface area contributed by atoms with Crippen molar-refractivity contribution in [3.63, 3.8) is 0 Å². The molecular formula is C13H16Cl2N4O. The van der Waals surface area contributed by atoms with Gasteiger partial charge in [-0.15, -0.1) is 11.6 Å². The van der Waals surface area contributed by atoms with E-state index in [0.717, 1.165) is 0 Å². The second-order valence-electron chi connectivity index (χ2n) is 4.56. The van der Waals surface area contributed by atoms with Gasteiger partial charge in [0.25, 0.3) is 0 Å². The Morgan fingerprint density at radius 1 is 1.55 bits per heavy atom. The molecule has 1 amide bonds. The van der Waals surface area contributed by atoms with Gasteiger partial charge in [0.1, 0.15) is 17.4 Å². The molecule has 2 heterocycles. The summed E-state index contributed by atoms with van der Waals surface area (Å²) in [6, 6.07) is 1.31. The van der Waals surface area contributed by atoms with Crippen LogP contribution in [0, 0.1) is 0 Å². The van der Waals surface area contributed by atoms with E-state index in [9.17, 15) is 4.79 Å². The number of aromatic nitrogens is 3. The summed E-state index contributed by atoms with van der Waals surface area (Å²) < 4.78 is 1.77. The Kier molecular flexibility index (Phi) is 4.50. The molecule has 2 aromatic heterocycles. The summed E-state index contributed by atoms with van der Waals surface area (Å²) in [4.78, 5) is 22.7. The van der Waals surface area contributed by atoms with Crippen LogP contribution in [0.3, 0.4) is 0 Å². The van der Waals surface area contributed by atoms with Crippen molar-refractivity contribution in [1.29, 1.82) is 0 Å². The van der Waals surface area contributed by atoms with Crippen molar-refractivity contribution >= 4 is 40.3 Å². The van der Waals surface area contributed by atoms with Gasteiger partial charge in [0, 0.05) is 19.8 Å². The SMILES string of the molecule is CCN(C)C(=O)C(C)n1c(CCl)nc2cc(Cl)cnc21. The molecular weight excluding hydrogens is 299 g/mol. The van der Waals surface area contributed by atoms with Crippen LogP contribution in [0.5, 0.6) is 0 Å². The van der Waals surface area contributed by atoms with Crippen molar-refractivity contribution in [3.05, 3.63) is 23.1 Å².